The van der Waals surface area contributed by atoms with Crippen molar-refractivity contribution in [2.24, 2.45) is 12.5 Å². The molecule has 0 radical (unpaired) electrons. The summed E-state index contributed by atoms with van der Waals surface area (Å²) in [5.74, 6) is 0.756. The van der Waals surface area contributed by atoms with E-state index in [1.165, 1.54) is 15.8 Å². The van der Waals surface area contributed by atoms with Gasteiger partial charge in [0, 0.05) is 56.8 Å². The minimum absolute atomic E-state index is 0.113. The Hall–Kier alpha value is -4.03. The summed E-state index contributed by atoms with van der Waals surface area (Å²) in [5, 5.41) is 10.2. The third-order valence-corrected chi connectivity index (χ3v) is 13.0. The Kier molecular flexibility index (Phi) is 10.6. The van der Waals surface area contributed by atoms with Gasteiger partial charge >= 0.3 is 0 Å². The number of benzene rings is 2. The second-order valence-corrected chi connectivity index (χ2v) is 16.3. The summed E-state index contributed by atoms with van der Waals surface area (Å²) in [4.78, 5) is 54.5. The number of imide groups is 1. The third-order valence-electron chi connectivity index (χ3n) is 12.2. The summed E-state index contributed by atoms with van der Waals surface area (Å²) in [6, 6.07) is 14.6. The van der Waals surface area contributed by atoms with Crippen molar-refractivity contribution < 1.29 is 19.1 Å². The molecule has 1 saturated carbocycles. The van der Waals surface area contributed by atoms with Gasteiger partial charge in [-0.3, -0.25) is 24.5 Å². The van der Waals surface area contributed by atoms with Crippen LogP contribution in [0.4, 0.5) is 5.69 Å². The highest BCUT2D eigenvalue weighted by Gasteiger charge is 2.40. The number of ether oxygens (including phenoxy) is 1. The number of halogens is 1. The lowest BCUT2D eigenvalue weighted by Crippen LogP contribution is -2.44. The molecule has 0 bridgehead atoms. The molecular weight excluding hydrogens is 724 g/mol. The van der Waals surface area contributed by atoms with Gasteiger partial charge in [0.05, 0.1) is 24.9 Å². The van der Waals surface area contributed by atoms with Crippen LogP contribution >= 0.6 is 15.9 Å². The molecule has 11 nitrogen and oxygen atoms in total. The average Bonchev–Trinajstić information content (AvgIpc) is 3.15. The van der Waals surface area contributed by atoms with Crippen LogP contribution in [0.15, 0.2) is 57.9 Å². The molecule has 1 spiro atoms. The topological polar surface area (TPSA) is 126 Å². The van der Waals surface area contributed by atoms with Crippen molar-refractivity contribution in [3.05, 3.63) is 85.7 Å². The number of hydrogen-bond acceptors (Lipinski definition) is 8. The molecule has 276 valence electrons. The maximum atomic E-state index is 13.6. The Morgan fingerprint density at radius 2 is 1.65 bits per heavy atom. The fourth-order valence-electron chi connectivity index (χ4n) is 9.08. The lowest BCUT2D eigenvalue weighted by Gasteiger charge is -2.46. The average molecular weight is 774 g/mol. The van der Waals surface area contributed by atoms with E-state index in [-0.39, 0.29) is 40.7 Å². The van der Waals surface area contributed by atoms with Crippen LogP contribution in [0.3, 0.4) is 0 Å². The first-order chi connectivity index (χ1) is 25.0. The first kappa shape index (κ1) is 36.3. The van der Waals surface area contributed by atoms with E-state index in [0.29, 0.717) is 34.8 Å². The number of aryl methyl sites for hydroxylation is 1. The molecule has 4 fully saturated rings. The van der Waals surface area contributed by atoms with Crippen molar-refractivity contribution in [3.8, 4) is 5.75 Å². The number of anilines is 1. The van der Waals surface area contributed by atoms with Gasteiger partial charge in [-0.1, -0.05) is 24.3 Å². The van der Waals surface area contributed by atoms with E-state index in [0.717, 1.165) is 88.0 Å². The number of likely N-dealkylation sites (N-methyl/N-ethyl adjacent to an activating group) is 1. The molecule has 4 heterocycles. The summed E-state index contributed by atoms with van der Waals surface area (Å²) in [6.45, 7) is 3.36. The number of aromatic nitrogens is 2. The fraction of sp³-hybridized carbons (Fsp3) is 0.525. The van der Waals surface area contributed by atoms with E-state index in [9.17, 15) is 19.2 Å². The summed E-state index contributed by atoms with van der Waals surface area (Å²) in [7, 11) is 5.40. The standard InChI is InChI=1S/C40H49BrN6O5/c1-45-23-29(20-30(24-45)43-33-22-42-46(2)39(51)36(33)41)25-4-6-27(7-5-25)38(50)47-18-16-40(17-19-47)14-12-26(13-15-40)28-8-9-31(34(21-28)52-3)32-10-11-35(48)44-37(32)49/h4-9,21-22,26,29-30,32,43H,10-20,23-24H2,1-3H3,(H,44,48,49)/t29?,30-,32?/m1/s1. The number of nitrogens with zero attached hydrogens (tertiary/aromatic N) is 4. The Labute approximate surface area is 313 Å². The van der Waals surface area contributed by atoms with Gasteiger partial charge in [0.1, 0.15) is 10.2 Å². The largest absolute Gasteiger partial charge is 0.496 e. The molecular formula is C40H49BrN6O5. The normalized spacial score (nSPS) is 24.1. The summed E-state index contributed by atoms with van der Waals surface area (Å²) >= 11 is 3.43. The maximum absolute atomic E-state index is 13.6. The first-order valence-corrected chi connectivity index (χ1v) is 19.4. The van der Waals surface area contributed by atoms with Gasteiger partial charge in [-0.25, -0.2) is 4.68 Å². The van der Waals surface area contributed by atoms with Crippen molar-refractivity contribution in [3.63, 3.8) is 0 Å². The number of methoxy groups -OCH3 is 1. The van der Waals surface area contributed by atoms with Crippen LogP contribution in [0.1, 0.15) is 103 Å². The zero-order valence-electron chi connectivity index (χ0n) is 30.3. The fourth-order valence-corrected chi connectivity index (χ4v) is 9.56. The molecule has 1 aromatic heterocycles. The highest BCUT2D eigenvalue weighted by molar-refractivity contribution is 9.10. The number of likely N-dealkylation sites (tertiary alicyclic amines) is 2. The number of carbonyl (C=O) groups is 3. The van der Waals surface area contributed by atoms with E-state index < -0.39 is 0 Å². The molecule has 2 aromatic carbocycles. The molecule has 12 heteroatoms. The number of piperidine rings is 3. The number of carbonyl (C=O) groups excluding carboxylic acids is 3. The smallest absolute Gasteiger partial charge is 0.282 e. The molecule has 3 aliphatic heterocycles. The van der Waals surface area contributed by atoms with Crippen molar-refractivity contribution in [2.75, 3.05) is 45.7 Å². The van der Waals surface area contributed by atoms with Crippen molar-refractivity contribution in [1.29, 1.82) is 0 Å². The molecule has 2 N–H and O–H groups in total. The van der Waals surface area contributed by atoms with Gasteiger partial charge in [-0.05, 0) is 121 Å². The second kappa shape index (κ2) is 15.1. The SMILES string of the molecule is COc1cc(C2CCC3(CC2)CCN(C(=O)c2ccc(C4C[C@@H](Nc5cnn(C)c(=O)c5Br)CN(C)C4)cc2)CC3)ccc1C1CCC(=O)NC1=O. The lowest BCUT2D eigenvalue weighted by molar-refractivity contribution is -0.134. The quantitative estimate of drug-likeness (QED) is 0.300. The van der Waals surface area contributed by atoms with E-state index >= 15 is 0 Å². The Morgan fingerprint density at radius 3 is 2.35 bits per heavy atom. The third kappa shape index (κ3) is 7.55. The van der Waals surface area contributed by atoms with Gasteiger partial charge in [-0.2, -0.15) is 5.10 Å². The summed E-state index contributed by atoms with van der Waals surface area (Å²) < 4.78 is 7.55. The number of hydrogen-bond donors (Lipinski definition) is 2. The molecule has 52 heavy (non-hydrogen) atoms. The van der Waals surface area contributed by atoms with Crippen LogP contribution in [0, 0.1) is 5.41 Å². The molecule has 7 rings (SSSR count). The van der Waals surface area contributed by atoms with Crippen molar-refractivity contribution in [2.45, 2.75) is 81.6 Å². The zero-order valence-corrected chi connectivity index (χ0v) is 31.9. The van der Waals surface area contributed by atoms with Crippen LogP contribution < -0.4 is 20.9 Å². The van der Waals surface area contributed by atoms with Gasteiger partial charge in [-0.15, -0.1) is 0 Å². The maximum Gasteiger partial charge on any atom is 0.282 e. The van der Waals surface area contributed by atoms with E-state index in [1.54, 1.807) is 20.4 Å². The van der Waals surface area contributed by atoms with Crippen LogP contribution in [-0.2, 0) is 16.6 Å². The van der Waals surface area contributed by atoms with E-state index in [2.05, 4.69) is 67.9 Å². The summed E-state index contributed by atoms with van der Waals surface area (Å²) in [6.07, 6.45) is 10.00. The predicted octanol–water partition coefficient (Wildman–Crippen LogP) is 5.55. The Morgan fingerprint density at radius 1 is 0.942 bits per heavy atom. The summed E-state index contributed by atoms with van der Waals surface area (Å²) in [5.41, 5.74) is 4.88. The van der Waals surface area contributed by atoms with Crippen LogP contribution in [-0.4, -0.2) is 83.7 Å². The van der Waals surface area contributed by atoms with E-state index in [4.69, 9.17) is 4.74 Å². The molecule has 1 aliphatic carbocycles. The monoisotopic (exact) mass is 772 g/mol. The molecule has 3 atom stereocenters. The van der Waals surface area contributed by atoms with Crippen LogP contribution in [0.2, 0.25) is 0 Å². The number of rotatable bonds is 7. The number of nitrogens with one attached hydrogen (secondary N) is 2. The van der Waals surface area contributed by atoms with E-state index in [1.807, 2.05) is 23.1 Å². The minimum Gasteiger partial charge on any atom is -0.496 e. The van der Waals surface area contributed by atoms with Gasteiger partial charge in [0.15, 0.2) is 0 Å². The van der Waals surface area contributed by atoms with Crippen LogP contribution in [0.5, 0.6) is 5.75 Å². The van der Waals surface area contributed by atoms with Gasteiger partial charge in [0.2, 0.25) is 11.8 Å². The predicted molar refractivity (Wildman–Crippen MR) is 203 cm³/mol. The molecule has 2 unspecified atom stereocenters. The molecule has 4 aliphatic rings. The molecule has 3 aromatic rings. The molecule has 3 saturated heterocycles. The Balaban J connectivity index is 0.918. The number of amides is 3. The van der Waals surface area contributed by atoms with Gasteiger partial charge in [0.25, 0.3) is 11.5 Å². The minimum atomic E-state index is -0.363. The highest BCUT2D eigenvalue weighted by atomic mass is 79.9. The van der Waals surface area contributed by atoms with Gasteiger partial charge < -0.3 is 19.9 Å². The van der Waals surface area contributed by atoms with Crippen molar-refractivity contribution in [1.82, 2.24) is 24.9 Å². The first-order valence-electron chi connectivity index (χ1n) is 18.6. The Bertz CT molecular complexity index is 1880. The zero-order chi connectivity index (χ0) is 36.6. The van der Waals surface area contributed by atoms with Crippen molar-refractivity contribution >= 4 is 39.3 Å². The molecule has 3 amide bonds. The van der Waals surface area contributed by atoms with Crippen LogP contribution in [0.25, 0.3) is 0 Å². The second-order valence-electron chi connectivity index (χ2n) is 15.5. The highest BCUT2D eigenvalue weighted by Crippen LogP contribution is 2.49. The lowest BCUT2D eigenvalue weighted by atomic mass is 9.64.